The van der Waals surface area contributed by atoms with E-state index in [4.69, 9.17) is 14.2 Å². The van der Waals surface area contributed by atoms with Crippen LogP contribution in [-0.4, -0.2) is 37.4 Å². The number of rotatable bonds is 9. The number of methoxy groups -OCH3 is 2. The van der Waals surface area contributed by atoms with Gasteiger partial charge in [0, 0.05) is 24.1 Å². The van der Waals surface area contributed by atoms with Gasteiger partial charge in [-0.2, -0.15) is 0 Å². The fourth-order valence-electron chi connectivity index (χ4n) is 3.22. The van der Waals surface area contributed by atoms with Gasteiger partial charge in [-0.15, -0.1) is 0 Å². The molecule has 0 spiro atoms. The third-order valence-corrected chi connectivity index (χ3v) is 4.75. The molecule has 0 radical (unpaired) electrons. The van der Waals surface area contributed by atoms with Crippen LogP contribution in [0.5, 0.6) is 11.5 Å². The zero-order chi connectivity index (χ0) is 22.5. The second-order valence-electron chi connectivity index (χ2n) is 6.90. The molecule has 3 aromatic rings. The standard InChI is InChI=1S/C22H24F3N3O3/c1-12(14-6-5-7-15(20(14)23)21(24)25)26-22-16-10-18(30-4)19(31-9-8-29-3)11-17(16)27-13(2)28-22/h5-7,10-12,21H,8-9H2,1-4H3,(H,26,27,28)/t12-/m1/s1. The van der Waals surface area contributed by atoms with Crippen LogP contribution in [-0.2, 0) is 4.74 Å². The maximum atomic E-state index is 14.6. The van der Waals surface area contributed by atoms with E-state index >= 15 is 0 Å². The highest BCUT2D eigenvalue weighted by molar-refractivity contribution is 5.92. The lowest BCUT2D eigenvalue weighted by atomic mass is 10.0. The van der Waals surface area contributed by atoms with Crippen molar-refractivity contribution >= 4 is 16.7 Å². The quantitative estimate of drug-likeness (QED) is 0.465. The molecule has 0 fully saturated rings. The largest absolute Gasteiger partial charge is 0.493 e. The Balaban J connectivity index is 1.99. The van der Waals surface area contributed by atoms with Crippen LogP contribution in [0.1, 0.15) is 36.3 Å². The Labute approximate surface area is 178 Å². The number of alkyl halides is 2. The van der Waals surface area contributed by atoms with Crippen LogP contribution in [0, 0.1) is 12.7 Å². The molecule has 0 aliphatic heterocycles. The van der Waals surface area contributed by atoms with E-state index < -0.39 is 23.8 Å². The number of anilines is 1. The van der Waals surface area contributed by atoms with E-state index in [9.17, 15) is 13.2 Å². The van der Waals surface area contributed by atoms with E-state index in [0.29, 0.717) is 47.3 Å². The van der Waals surface area contributed by atoms with Crippen molar-refractivity contribution in [2.24, 2.45) is 0 Å². The van der Waals surface area contributed by atoms with Crippen molar-refractivity contribution in [2.75, 3.05) is 32.8 Å². The highest BCUT2D eigenvalue weighted by atomic mass is 19.3. The smallest absolute Gasteiger partial charge is 0.266 e. The Hall–Kier alpha value is -3.07. The Morgan fingerprint density at radius 3 is 2.45 bits per heavy atom. The van der Waals surface area contributed by atoms with Gasteiger partial charge in [-0.1, -0.05) is 18.2 Å². The van der Waals surface area contributed by atoms with E-state index in [-0.39, 0.29) is 5.56 Å². The van der Waals surface area contributed by atoms with Crippen LogP contribution in [0.4, 0.5) is 19.0 Å². The number of hydrogen-bond donors (Lipinski definition) is 1. The van der Waals surface area contributed by atoms with Crippen LogP contribution in [0.15, 0.2) is 30.3 Å². The summed E-state index contributed by atoms with van der Waals surface area (Å²) in [5.41, 5.74) is 0.0836. The molecule has 0 unspecified atom stereocenters. The molecule has 0 bridgehead atoms. The number of fused-ring (bicyclic) bond motifs is 1. The monoisotopic (exact) mass is 435 g/mol. The van der Waals surface area contributed by atoms with Gasteiger partial charge >= 0.3 is 0 Å². The third-order valence-electron chi connectivity index (χ3n) is 4.75. The molecular formula is C22H24F3N3O3. The molecule has 31 heavy (non-hydrogen) atoms. The topological polar surface area (TPSA) is 65.5 Å². The Kier molecular flexibility index (Phi) is 7.17. The molecule has 1 atom stereocenters. The van der Waals surface area contributed by atoms with E-state index in [2.05, 4.69) is 15.3 Å². The SMILES string of the molecule is COCCOc1cc2nc(C)nc(N[C@H](C)c3cccc(C(F)F)c3F)c2cc1OC. The molecule has 0 amide bonds. The molecule has 6 nitrogen and oxygen atoms in total. The predicted molar refractivity (Wildman–Crippen MR) is 112 cm³/mol. The van der Waals surface area contributed by atoms with Gasteiger partial charge in [-0.25, -0.2) is 23.1 Å². The number of ether oxygens (including phenoxy) is 3. The number of nitrogens with one attached hydrogen (secondary N) is 1. The van der Waals surface area contributed by atoms with E-state index in [1.54, 1.807) is 33.1 Å². The number of aromatic nitrogens is 2. The summed E-state index contributed by atoms with van der Waals surface area (Å²) in [6.07, 6.45) is -2.89. The summed E-state index contributed by atoms with van der Waals surface area (Å²) in [6.45, 7) is 4.15. The molecular weight excluding hydrogens is 411 g/mol. The lowest BCUT2D eigenvalue weighted by Crippen LogP contribution is -2.12. The first kappa shape index (κ1) is 22.6. The molecule has 0 saturated heterocycles. The van der Waals surface area contributed by atoms with Gasteiger partial charge in [-0.3, -0.25) is 0 Å². The van der Waals surface area contributed by atoms with Crippen LogP contribution < -0.4 is 14.8 Å². The van der Waals surface area contributed by atoms with Gasteiger partial charge in [0.05, 0.1) is 30.8 Å². The van der Waals surface area contributed by atoms with Crippen molar-refractivity contribution in [3.05, 3.63) is 53.1 Å². The lowest BCUT2D eigenvalue weighted by Gasteiger charge is -2.19. The second kappa shape index (κ2) is 9.82. The summed E-state index contributed by atoms with van der Waals surface area (Å²) in [6, 6.07) is 6.78. The summed E-state index contributed by atoms with van der Waals surface area (Å²) in [7, 11) is 3.09. The predicted octanol–water partition coefficient (Wildman–Crippen LogP) is 5.22. The molecule has 0 aliphatic carbocycles. The zero-order valence-electron chi connectivity index (χ0n) is 17.7. The number of benzene rings is 2. The van der Waals surface area contributed by atoms with Gasteiger partial charge in [0.15, 0.2) is 11.5 Å². The van der Waals surface area contributed by atoms with Gasteiger partial charge in [0.25, 0.3) is 6.43 Å². The summed E-state index contributed by atoms with van der Waals surface area (Å²) in [4.78, 5) is 8.87. The highest BCUT2D eigenvalue weighted by Gasteiger charge is 2.21. The molecule has 2 aromatic carbocycles. The average Bonchev–Trinajstić information content (AvgIpc) is 2.73. The average molecular weight is 435 g/mol. The van der Waals surface area contributed by atoms with Crippen LogP contribution in [0.3, 0.4) is 0 Å². The second-order valence-corrected chi connectivity index (χ2v) is 6.90. The van der Waals surface area contributed by atoms with Crippen molar-refractivity contribution in [1.82, 2.24) is 9.97 Å². The summed E-state index contributed by atoms with van der Waals surface area (Å²) < 4.78 is 56.9. The first-order valence-electron chi connectivity index (χ1n) is 9.66. The first-order chi connectivity index (χ1) is 14.8. The Morgan fingerprint density at radius 2 is 1.77 bits per heavy atom. The molecule has 1 N–H and O–H groups in total. The summed E-state index contributed by atoms with van der Waals surface area (Å²) >= 11 is 0. The fraction of sp³-hybridized carbons (Fsp3) is 0.364. The van der Waals surface area contributed by atoms with Crippen LogP contribution in [0.25, 0.3) is 10.9 Å². The van der Waals surface area contributed by atoms with Gasteiger partial charge in [0.1, 0.15) is 24.1 Å². The molecule has 0 saturated carbocycles. The van der Waals surface area contributed by atoms with Gasteiger partial charge in [0.2, 0.25) is 0 Å². The minimum atomic E-state index is -2.89. The lowest BCUT2D eigenvalue weighted by molar-refractivity contribution is 0.144. The highest BCUT2D eigenvalue weighted by Crippen LogP contribution is 2.36. The van der Waals surface area contributed by atoms with Crippen molar-refractivity contribution in [3.8, 4) is 11.5 Å². The van der Waals surface area contributed by atoms with Crippen LogP contribution >= 0.6 is 0 Å². The Morgan fingerprint density at radius 1 is 1.03 bits per heavy atom. The molecule has 1 aromatic heterocycles. The van der Waals surface area contributed by atoms with Crippen molar-refractivity contribution in [3.63, 3.8) is 0 Å². The zero-order valence-corrected chi connectivity index (χ0v) is 17.7. The molecule has 166 valence electrons. The minimum Gasteiger partial charge on any atom is -0.493 e. The number of hydrogen-bond acceptors (Lipinski definition) is 6. The van der Waals surface area contributed by atoms with Gasteiger partial charge < -0.3 is 19.5 Å². The van der Waals surface area contributed by atoms with Crippen molar-refractivity contribution < 1.29 is 27.4 Å². The van der Waals surface area contributed by atoms with Crippen molar-refractivity contribution in [2.45, 2.75) is 26.3 Å². The molecule has 3 rings (SSSR count). The molecule has 1 heterocycles. The van der Waals surface area contributed by atoms with Crippen LogP contribution in [0.2, 0.25) is 0 Å². The summed E-state index contributed by atoms with van der Waals surface area (Å²) in [5.74, 6) is 0.951. The first-order valence-corrected chi connectivity index (χ1v) is 9.66. The van der Waals surface area contributed by atoms with E-state index in [0.717, 1.165) is 6.07 Å². The normalized spacial score (nSPS) is 12.3. The maximum absolute atomic E-state index is 14.6. The number of nitrogens with zero attached hydrogens (tertiary/aromatic N) is 2. The third kappa shape index (κ3) is 4.99. The molecule has 0 aliphatic rings. The van der Waals surface area contributed by atoms with Gasteiger partial charge in [-0.05, 0) is 19.9 Å². The van der Waals surface area contributed by atoms with Crippen molar-refractivity contribution in [1.29, 1.82) is 0 Å². The fourth-order valence-corrected chi connectivity index (χ4v) is 3.22. The minimum absolute atomic E-state index is 0.119. The van der Waals surface area contributed by atoms with E-state index in [1.165, 1.54) is 19.2 Å². The van der Waals surface area contributed by atoms with E-state index in [1.807, 2.05) is 0 Å². The maximum Gasteiger partial charge on any atom is 0.266 e. The number of halogens is 3. The summed E-state index contributed by atoms with van der Waals surface area (Å²) in [5, 5.41) is 3.74. The Bertz CT molecular complexity index is 1060. The number of aryl methyl sites for hydroxylation is 1. The molecule has 9 heteroatoms.